The van der Waals surface area contributed by atoms with Crippen LogP contribution >= 0.6 is 7.37 Å². The number of rotatable bonds is 10. The molecule has 1 rings (SSSR count). The fraction of sp³-hybridized carbons (Fsp3) is 0.938. The number of carbonyl (C=O) groups excluding carboxylic acids is 1. The summed E-state index contributed by atoms with van der Waals surface area (Å²) in [5.41, 5.74) is 0. The molecule has 1 aliphatic heterocycles. The minimum absolute atomic E-state index is 0.152. The molecule has 0 aromatic carbocycles. The van der Waals surface area contributed by atoms with Crippen LogP contribution in [-0.2, 0) is 13.6 Å². The minimum atomic E-state index is -2.75. The van der Waals surface area contributed by atoms with Gasteiger partial charge in [-0.15, -0.1) is 0 Å². The van der Waals surface area contributed by atoms with Crippen LogP contribution in [0.15, 0.2) is 0 Å². The van der Waals surface area contributed by atoms with Gasteiger partial charge in [0.05, 0.1) is 0 Å². The van der Waals surface area contributed by atoms with Gasteiger partial charge in [0.15, 0.2) is 0 Å². The van der Waals surface area contributed by atoms with E-state index >= 15 is 0 Å². The Morgan fingerprint density at radius 2 is 1.74 bits per heavy atom. The average Bonchev–Trinajstić information content (AvgIpc) is 2.84. The second-order valence-corrected chi connectivity index (χ2v) is 27.1. The van der Waals surface area contributed by atoms with Gasteiger partial charge >= 0.3 is 147 Å². The van der Waals surface area contributed by atoms with Crippen LogP contribution in [0.2, 0.25) is 40.7 Å². The van der Waals surface area contributed by atoms with Crippen molar-refractivity contribution in [2.75, 3.05) is 19.0 Å². The van der Waals surface area contributed by atoms with Gasteiger partial charge in [0.1, 0.15) is 0 Å². The second-order valence-electron chi connectivity index (χ2n) is 7.95. The molecule has 1 heterocycles. The Bertz CT molecular complexity index is 441. The van der Waals surface area contributed by atoms with Gasteiger partial charge < -0.3 is 0 Å². The van der Waals surface area contributed by atoms with Gasteiger partial charge in [-0.25, -0.2) is 0 Å². The third kappa shape index (κ3) is 6.68. The van der Waals surface area contributed by atoms with E-state index in [-0.39, 0.29) is 5.91 Å². The third-order valence-electron chi connectivity index (χ3n) is 5.23. The third-order valence-corrected chi connectivity index (χ3v) is 23.5. The van der Waals surface area contributed by atoms with E-state index in [4.69, 9.17) is 4.21 Å². The Morgan fingerprint density at radius 1 is 1.17 bits per heavy atom. The van der Waals surface area contributed by atoms with Crippen LogP contribution in [-0.4, -0.2) is 51.4 Å². The first-order chi connectivity index (χ1) is 10.6. The fourth-order valence-corrected chi connectivity index (χ4v) is 20.3. The normalized spacial score (nSPS) is 19.2. The molecule has 7 heteroatoms. The van der Waals surface area contributed by atoms with Crippen LogP contribution in [0.5, 0.6) is 0 Å². The van der Waals surface area contributed by atoms with E-state index in [0.29, 0.717) is 18.9 Å². The number of nitrogens with zero attached hydrogens (tertiary/aromatic N) is 1. The molecule has 1 fully saturated rings. The predicted molar refractivity (Wildman–Crippen MR) is 105 cm³/mol. The molecule has 0 bridgehead atoms. The monoisotopic (exact) mass is 423 g/mol. The molecule has 0 spiro atoms. The zero-order chi connectivity index (χ0) is 17.7. The van der Waals surface area contributed by atoms with E-state index in [0.717, 1.165) is 18.2 Å². The van der Waals surface area contributed by atoms with E-state index in [9.17, 15) is 9.36 Å². The van der Waals surface area contributed by atoms with Gasteiger partial charge in [-0.2, -0.15) is 0 Å². The summed E-state index contributed by atoms with van der Waals surface area (Å²) in [6.07, 6.45) is 2.54. The van der Waals surface area contributed by atoms with Crippen molar-refractivity contribution in [3.05, 3.63) is 0 Å². The molecule has 136 valence electrons. The zero-order valence-electron chi connectivity index (χ0n) is 16.0. The van der Waals surface area contributed by atoms with E-state index in [1.807, 2.05) is 0 Å². The molecule has 23 heavy (non-hydrogen) atoms. The molecule has 0 aliphatic carbocycles. The van der Waals surface area contributed by atoms with Crippen molar-refractivity contribution >= 4 is 34.9 Å². The van der Waals surface area contributed by atoms with Gasteiger partial charge in [-0.3, -0.25) is 0 Å². The molecule has 1 saturated heterocycles. The molecule has 4 nitrogen and oxygen atoms in total. The topological polar surface area (TPSA) is 46.6 Å². The molecule has 0 aromatic rings. The van der Waals surface area contributed by atoms with Crippen molar-refractivity contribution in [3.8, 4) is 0 Å². The van der Waals surface area contributed by atoms with Crippen molar-refractivity contribution in [3.63, 3.8) is 0 Å². The van der Waals surface area contributed by atoms with Crippen LogP contribution in [0, 0.1) is 0 Å². The van der Waals surface area contributed by atoms with Crippen molar-refractivity contribution in [2.45, 2.75) is 74.3 Å². The molecule has 1 amide bonds. The maximum absolute atomic E-state index is 13.6. The molecular weight excluding hydrogens is 386 g/mol. The number of amides is 1. The Balaban J connectivity index is 2.87. The molecular formula is C16H36GeNO3PSi. The average molecular weight is 422 g/mol. The Morgan fingerprint density at radius 3 is 2.13 bits per heavy atom. The molecule has 0 N–H and O–H groups in total. The summed E-state index contributed by atoms with van der Waals surface area (Å²) in [5.74, 6) is 0.152. The SMILES string of the molecule is C[CH2][Ge]([CH2]C)([CH2]C)[CH2]CP(=O)(CN1CCCC1=O)O[Si](C)(C)C. The van der Waals surface area contributed by atoms with Crippen molar-refractivity contribution in [1.82, 2.24) is 4.90 Å². The predicted octanol–water partition coefficient (Wildman–Crippen LogP) is 5.20. The van der Waals surface area contributed by atoms with Crippen LogP contribution in [0.3, 0.4) is 0 Å². The van der Waals surface area contributed by atoms with Crippen LogP contribution in [0.25, 0.3) is 0 Å². The van der Waals surface area contributed by atoms with Crippen LogP contribution in [0.1, 0.15) is 33.6 Å². The van der Waals surface area contributed by atoms with Crippen molar-refractivity contribution in [2.24, 2.45) is 0 Å². The summed E-state index contributed by atoms with van der Waals surface area (Å²) < 4.78 is 19.8. The number of hydrogen-bond acceptors (Lipinski definition) is 3. The van der Waals surface area contributed by atoms with E-state index in [2.05, 4.69) is 40.4 Å². The van der Waals surface area contributed by atoms with E-state index < -0.39 is 29.0 Å². The second kappa shape index (κ2) is 8.68. The Labute approximate surface area is 146 Å². The summed E-state index contributed by atoms with van der Waals surface area (Å²) >= 11 is -1.87. The van der Waals surface area contributed by atoms with Gasteiger partial charge in [0.25, 0.3) is 0 Å². The van der Waals surface area contributed by atoms with E-state index in [1.54, 1.807) is 4.90 Å². The first kappa shape index (κ1) is 21.5. The van der Waals surface area contributed by atoms with Gasteiger partial charge in [-0.1, -0.05) is 0 Å². The van der Waals surface area contributed by atoms with Gasteiger partial charge in [0.2, 0.25) is 0 Å². The molecule has 1 aliphatic rings. The zero-order valence-corrected chi connectivity index (χ0v) is 20.0. The molecule has 0 aromatic heterocycles. The quantitative estimate of drug-likeness (QED) is 0.359. The first-order valence-corrected chi connectivity index (χ1v) is 20.5. The van der Waals surface area contributed by atoms with E-state index in [1.165, 1.54) is 15.8 Å². The summed E-state index contributed by atoms with van der Waals surface area (Å²) in [6, 6.07) is 0. The Kier molecular flexibility index (Phi) is 8.10. The summed E-state index contributed by atoms with van der Waals surface area (Å²) in [6.45, 7) is 14.0. The molecule has 1 unspecified atom stereocenters. The van der Waals surface area contributed by atoms with Gasteiger partial charge in [0, 0.05) is 0 Å². The number of likely N-dealkylation sites (tertiary alicyclic amines) is 1. The maximum atomic E-state index is 13.6. The van der Waals surface area contributed by atoms with Crippen molar-refractivity contribution in [1.29, 1.82) is 0 Å². The van der Waals surface area contributed by atoms with Crippen LogP contribution in [0.4, 0.5) is 0 Å². The van der Waals surface area contributed by atoms with Crippen molar-refractivity contribution < 1.29 is 13.6 Å². The molecule has 1 atom stereocenters. The standard InChI is InChI=1S/C16H36GeNO3PSi/c1-7-17(8-2,9-3)12-14-22(20,21-23(4,5)6)15-18-13-10-11-16(18)19/h7-15H2,1-6H3. The first-order valence-electron chi connectivity index (χ1n) is 9.15. The van der Waals surface area contributed by atoms with Crippen LogP contribution < -0.4 is 0 Å². The summed E-state index contributed by atoms with van der Waals surface area (Å²) in [7, 11) is -4.64. The molecule has 0 radical (unpaired) electrons. The van der Waals surface area contributed by atoms with Gasteiger partial charge in [-0.05, 0) is 0 Å². The fourth-order valence-electron chi connectivity index (χ4n) is 3.45. The Hall–Kier alpha value is 0.420. The number of hydrogen-bond donors (Lipinski definition) is 0. The number of carbonyl (C=O) groups is 1. The molecule has 0 saturated carbocycles. The summed E-state index contributed by atoms with van der Waals surface area (Å²) in [5, 5.41) is 5.00. The summed E-state index contributed by atoms with van der Waals surface area (Å²) in [4.78, 5) is 13.8.